The molecule has 0 saturated heterocycles. The molecule has 0 spiro atoms. The molecule has 2 rings (SSSR count). The van der Waals surface area contributed by atoms with Crippen LogP contribution >= 0.6 is 0 Å². The number of hydrogen-bond donors (Lipinski definition) is 0. The molecule has 0 radical (unpaired) electrons. The second-order valence-electron chi connectivity index (χ2n) is 11.6. The highest BCUT2D eigenvalue weighted by molar-refractivity contribution is 7.79. The third-order valence-electron chi connectivity index (χ3n) is 5.89. The van der Waals surface area contributed by atoms with Gasteiger partial charge in [0.05, 0.1) is 54.5 Å². The molecule has 0 N–H and O–H groups in total. The maximum Gasteiger partial charge on any atom is 0.333 e. The summed E-state index contributed by atoms with van der Waals surface area (Å²) in [5, 5.41) is 0. The topological polar surface area (TPSA) is 133 Å². The number of carbonyl (C=O) groups excluding carboxylic acids is 2. The second kappa shape index (κ2) is 19.8. The lowest BCUT2D eigenvalue weighted by Gasteiger charge is -2.29. The van der Waals surface area contributed by atoms with E-state index in [1.807, 2.05) is 12.1 Å². The number of rotatable bonds is 14. The molecule has 0 aliphatic carbocycles. The van der Waals surface area contributed by atoms with Gasteiger partial charge >= 0.3 is 11.9 Å². The van der Waals surface area contributed by atoms with Crippen LogP contribution in [0, 0.1) is 0 Å². The van der Waals surface area contributed by atoms with Crippen LogP contribution < -0.4 is 0 Å². The number of nitrogens with zero attached hydrogens (tertiary/aromatic N) is 2. The van der Waals surface area contributed by atoms with E-state index in [9.17, 15) is 9.59 Å². The summed E-state index contributed by atoms with van der Waals surface area (Å²) in [6.45, 7) is 15.3. The third-order valence-corrected chi connectivity index (χ3v) is 5.89. The van der Waals surface area contributed by atoms with Crippen LogP contribution in [-0.4, -0.2) is 92.9 Å². The van der Waals surface area contributed by atoms with Crippen molar-refractivity contribution < 1.29 is 45.6 Å². The van der Waals surface area contributed by atoms with Crippen molar-refractivity contribution in [3.63, 3.8) is 0 Å². The minimum Gasteiger partial charge on any atom is -0.759 e. The van der Waals surface area contributed by atoms with Gasteiger partial charge < -0.3 is 27.5 Å². The summed E-state index contributed by atoms with van der Waals surface area (Å²) in [7, 11) is 3.59. The lowest BCUT2D eigenvalue weighted by Crippen LogP contribution is -2.40. The molecule has 10 nitrogen and oxygen atoms in total. The molecule has 240 valence electrons. The Morgan fingerprint density at radius 1 is 0.674 bits per heavy atom. The van der Waals surface area contributed by atoms with Crippen LogP contribution in [0.5, 0.6) is 0 Å². The lowest BCUT2D eigenvalue weighted by molar-refractivity contribution is -0.903. The average Bonchev–Trinajstić information content (AvgIpc) is 2.89. The number of carbonyl (C=O) groups is 2. The van der Waals surface area contributed by atoms with Crippen molar-refractivity contribution in [3.8, 4) is 0 Å². The van der Waals surface area contributed by atoms with Crippen LogP contribution in [0.25, 0.3) is 0 Å². The molecule has 0 aliphatic heterocycles. The van der Waals surface area contributed by atoms with E-state index < -0.39 is 10.4 Å². The lowest BCUT2D eigenvalue weighted by atomic mass is 10.2. The summed E-state index contributed by atoms with van der Waals surface area (Å²) in [6, 6.07) is 20.9. The third kappa shape index (κ3) is 23.9. The Hall–Kier alpha value is -3.35. The Morgan fingerprint density at radius 2 is 0.953 bits per heavy atom. The highest BCUT2D eigenvalue weighted by Gasteiger charge is 2.17. The summed E-state index contributed by atoms with van der Waals surface area (Å²) in [4.78, 5) is 22.5. The van der Waals surface area contributed by atoms with Gasteiger partial charge in [0.25, 0.3) is 0 Å². The van der Waals surface area contributed by atoms with Gasteiger partial charge in [-0.3, -0.25) is 8.42 Å². The zero-order chi connectivity index (χ0) is 33.1. The molecule has 0 unspecified atom stereocenters. The molecule has 43 heavy (non-hydrogen) atoms. The quantitative estimate of drug-likeness (QED) is 0.0766. The molecule has 0 aromatic heterocycles. The predicted molar refractivity (Wildman–Crippen MR) is 165 cm³/mol. The predicted octanol–water partition coefficient (Wildman–Crippen LogP) is 4.21. The molecule has 0 fully saturated rings. The monoisotopic (exact) mass is 620 g/mol. The Balaban J connectivity index is 0.000000709. The molecule has 0 atom stereocenters. The maximum absolute atomic E-state index is 11.2. The standard InChI is InChI=1S/2C16H24NO2.H2O4S/c2*1-14(2)16(18)19-12-8-11-17(3,4)13-15-9-6-5-7-10-15;1-5(2,3)4/h2*5-7,9-10H,1,8,11-13H2,2-4H3;(H2,1,2,3,4)/q2*+1;/p-2. The van der Waals surface area contributed by atoms with Gasteiger partial charge in [-0.15, -0.1) is 0 Å². The van der Waals surface area contributed by atoms with Crippen LogP contribution in [-0.2, 0) is 42.6 Å². The fraction of sp³-hybridized carbons (Fsp3) is 0.438. The van der Waals surface area contributed by atoms with Gasteiger partial charge in [0.15, 0.2) is 0 Å². The molecular weight excluding hydrogens is 572 g/mol. The number of benzene rings is 2. The Morgan fingerprint density at radius 3 is 1.21 bits per heavy atom. The largest absolute Gasteiger partial charge is 0.759 e. The zero-order valence-electron chi connectivity index (χ0n) is 26.4. The van der Waals surface area contributed by atoms with Crippen LogP contribution in [0.3, 0.4) is 0 Å². The second-order valence-corrected chi connectivity index (χ2v) is 12.4. The summed E-state index contributed by atoms with van der Waals surface area (Å²) in [6.07, 6.45) is 1.72. The van der Waals surface area contributed by atoms with E-state index in [-0.39, 0.29) is 11.9 Å². The Labute approximate surface area is 258 Å². The van der Waals surface area contributed by atoms with Crippen LogP contribution in [0.1, 0.15) is 37.8 Å². The van der Waals surface area contributed by atoms with Crippen molar-refractivity contribution in [2.24, 2.45) is 0 Å². The molecule has 0 heterocycles. The van der Waals surface area contributed by atoms with Gasteiger partial charge in [-0.1, -0.05) is 73.8 Å². The first kappa shape index (κ1) is 39.6. The van der Waals surface area contributed by atoms with E-state index in [1.54, 1.807) is 13.8 Å². The Kier molecular flexibility index (Phi) is 18.2. The van der Waals surface area contributed by atoms with Crippen molar-refractivity contribution in [1.29, 1.82) is 0 Å². The Bertz CT molecular complexity index is 1150. The van der Waals surface area contributed by atoms with E-state index in [4.69, 9.17) is 27.0 Å². The molecular formula is C32H48N2O8S. The number of ether oxygens (including phenoxy) is 2. The molecule has 0 aliphatic rings. The minimum atomic E-state index is -5.17. The SMILES string of the molecule is C=C(C)C(=O)OCCC[N+](C)(C)Cc1ccccc1.C=C(C)C(=O)OCCC[N+](C)(C)Cc1ccccc1.O=S(=O)([O-])[O-]. The molecule has 0 saturated carbocycles. The highest BCUT2D eigenvalue weighted by atomic mass is 32.3. The van der Waals surface area contributed by atoms with Crippen molar-refractivity contribution in [1.82, 2.24) is 0 Å². The molecule has 2 aromatic carbocycles. The van der Waals surface area contributed by atoms with E-state index in [0.717, 1.165) is 48.0 Å². The van der Waals surface area contributed by atoms with Gasteiger partial charge in [-0.05, 0) is 13.8 Å². The van der Waals surface area contributed by atoms with Crippen molar-refractivity contribution in [2.75, 3.05) is 54.5 Å². The van der Waals surface area contributed by atoms with E-state index >= 15 is 0 Å². The van der Waals surface area contributed by atoms with Crippen molar-refractivity contribution in [2.45, 2.75) is 39.8 Å². The van der Waals surface area contributed by atoms with Crippen LogP contribution in [0.2, 0.25) is 0 Å². The number of hydrogen-bond acceptors (Lipinski definition) is 8. The van der Waals surface area contributed by atoms with Crippen LogP contribution in [0.4, 0.5) is 0 Å². The fourth-order valence-electron chi connectivity index (χ4n) is 3.87. The number of quaternary nitrogens is 2. The van der Waals surface area contributed by atoms with Gasteiger partial charge in [-0.2, -0.15) is 0 Å². The summed E-state index contributed by atoms with van der Waals surface area (Å²) in [5.74, 6) is -0.596. The minimum absolute atomic E-state index is 0.298. The van der Waals surface area contributed by atoms with Crippen molar-refractivity contribution >= 4 is 22.3 Å². The smallest absolute Gasteiger partial charge is 0.333 e. The summed E-state index contributed by atoms with van der Waals surface area (Å²) < 4.78 is 46.1. The first-order chi connectivity index (χ1) is 19.8. The van der Waals surface area contributed by atoms with E-state index in [0.29, 0.717) is 24.4 Å². The zero-order valence-corrected chi connectivity index (χ0v) is 27.2. The maximum atomic E-state index is 11.2. The molecule has 2 aromatic rings. The van der Waals surface area contributed by atoms with Gasteiger partial charge in [-0.25, -0.2) is 9.59 Å². The molecule has 11 heteroatoms. The van der Waals surface area contributed by atoms with Crippen LogP contribution in [0.15, 0.2) is 85.0 Å². The highest BCUT2D eigenvalue weighted by Crippen LogP contribution is 2.11. The van der Waals surface area contributed by atoms with Gasteiger partial charge in [0.2, 0.25) is 0 Å². The molecule has 0 bridgehead atoms. The van der Waals surface area contributed by atoms with Gasteiger partial charge in [0.1, 0.15) is 13.1 Å². The normalized spacial score (nSPS) is 11.2. The first-order valence-corrected chi connectivity index (χ1v) is 15.2. The van der Waals surface area contributed by atoms with Gasteiger partial charge in [0, 0.05) is 45.5 Å². The van der Waals surface area contributed by atoms with E-state index in [2.05, 4.69) is 89.9 Å². The van der Waals surface area contributed by atoms with Crippen molar-refractivity contribution in [3.05, 3.63) is 96.1 Å². The molecule has 0 amide bonds. The fourth-order valence-corrected chi connectivity index (χ4v) is 3.87. The van der Waals surface area contributed by atoms with E-state index in [1.165, 1.54) is 11.1 Å². The summed E-state index contributed by atoms with van der Waals surface area (Å²) >= 11 is 0. The first-order valence-electron chi connectivity index (χ1n) is 13.8. The average molecular weight is 621 g/mol. The number of esters is 2. The summed E-state index contributed by atoms with van der Waals surface area (Å²) in [5.41, 5.74) is 3.56.